The van der Waals surface area contributed by atoms with Gasteiger partial charge in [0.1, 0.15) is 34.8 Å². The van der Waals surface area contributed by atoms with E-state index in [1.807, 2.05) is 39.0 Å². The van der Waals surface area contributed by atoms with Gasteiger partial charge in [-0.1, -0.05) is 0 Å². The van der Waals surface area contributed by atoms with Gasteiger partial charge < -0.3 is 24.0 Å². The van der Waals surface area contributed by atoms with Crippen molar-refractivity contribution >= 4 is 22.8 Å². The highest BCUT2D eigenvalue weighted by molar-refractivity contribution is 5.93. The quantitative estimate of drug-likeness (QED) is 0.492. The number of morpholine rings is 1. The van der Waals surface area contributed by atoms with E-state index in [9.17, 15) is 4.79 Å². The summed E-state index contributed by atoms with van der Waals surface area (Å²) in [6.07, 6.45) is 3.50. The van der Waals surface area contributed by atoms with E-state index < -0.39 is 5.60 Å². The summed E-state index contributed by atoms with van der Waals surface area (Å²) in [5.74, 6) is 1.75. The van der Waals surface area contributed by atoms with Crippen LogP contribution in [0.3, 0.4) is 0 Å². The highest BCUT2D eigenvalue weighted by atomic mass is 16.6. The average molecular weight is 550 g/mol. The molecule has 214 valence electrons. The predicted molar refractivity (Wildman–Crippen MR) is 152 cm³/mol. The summed E-state index contributed by atoms with van der Waals surface area (Å²) in [6, 6.07) is 8.07. The molecule has 4 heterocycles. The van der Waals surface area contributed by atoms with Crippen LogP contribution in [0.1, 0.15) is 40.5 Å². The van der Waals surface area contributed by atoms with Gasteiger partial charge in [0.2, 0.25) is 0 Å². The Balaban J connectivity index is 1.07. The number of carbonyl (C=O) groups excluding carboxylic acids is 1. The summed E-state index contributed by atoms with van der Waals surface area (Å²) in [4.78, 5) is 28.1. The molecule has 3 aromatic rings. The van der Waals surface area contributed by atoms with Gasteiger partial charge in [-0.15, -0.1) is 0 Å². The number of amides is 1. The van der Waals surface area contributed by atoms with Gasteiger partial charge in [0.25, 0.3) is 0 Å². The van der Waals surface area contributed by atoms with E-state index in [4.69, 9.17) is 14.2 Å². The highest BCUT2D eigenvalue weighted by Gasteiger charge is 2.40. The van der Waals surface area contributed by atoms with Crippen molar-refractivity contribution in [1.29, 1.82) is 0 Å². The van der Waals surface area contributed by atoms with E-state index in [0.29, 0.717) is 19.7 Å². The molecule has 2 saturated heterocycles. The number of aromatic amines is 1. The summed E-state index contributed by atoms with van der Waals surface area (Å²) in [6.45, 7) is 13.7. The lowest BCUT2D eigenvalue weighted by Crippen LogP contribution is -2.54. The third-order valence-electron chi connectivity index (χ3n) is 7.70. The summed E-state index contributed by atoms with van der Waals surface area (Å²) >= 11 is 0. The molecular weight excluding hydrogens is 510 g/mol. The summed E-state index contributed by atoms with van der Waals surface area (Å²) in [5.41, 5.74) is 1.99. The second-order valence-electron chi connectivity index (χ2n) is 12.3. The fourth-order valence-electron chi connectivity index (χ4n) is 5.23. The summed E-state index contributed by atoms with van der Waals surface area (Å²) in [7, 11) is 0. The van der Waals surface area contributed by atoms with Crippen molar-refractivity contribution in [3.63, 3.8) is 0 Å². The fourth-order valence-corrected chi connectivity index (χ4v) is 5.23. The van der Waals surface area contributed by atoms with Crippen molar-refractivity contribution in [3.8, 4) is 17.1 Å². The van der Waals surface area contributed by atoms with Crippen LogP contribution in [0, 0.1) is 0 Å². The molecule has 0 radical (unpaired) electrons. The number of carbonyl (C=O) groups is 1. The number of fused-ring (bicyclic) bond motifs is 1. The van der Waals surface area contributed by atoms with Gasteiger partial charge in [-0.3, -0.25) is 10.00 Å². The van der Waals surface area contributed by atoms with Gasteiger partial charge in [0.05, 0.1) is 30.5 Å². The normalized spacial score (nSPS) is 21.4. The lowest BCUT2D eigenvalue weighted by molar-refractivity contribution is -0.0526. The lowest BCUT2D eigenvalue weighted by atomic mass is 10.1. The first-order chi connectivity index (χ1) is 19.1. The molecule has 1 atom stereocenters. The van der Waals surface area contributed by atoms with Gasteiger partial charge in [-0.05, 0) is 58.7 Å². The third kappa shape index (κ3) is 6.15. The number of nitrogens with one attached hydrogen (secondary N) is 1. The lowest BCUT2D eigenvalue weighted by Gasteiger charge is -2.39. The fraction of sp³-hybridized carbons (Fsp3) is 0.586. The Morgan fingerprint density at radius 3 is 2.67 bits per heavy atom. The van der Waals surface area contributed by atoms with E-state index >= 15 is 0 Å². The number of ether oxygens (including phenoxy) is 3. The van der Waals surface area contributed by atoms with Crippen molar-refractivity contribution in [1.82, 2.24) is 30.0 Å². The molecule has 11 heteroatoms. The Morgan fingerprint density at radius 2 is 1.93 bits per heavy atom. The molecule has 0 spiro atoms. The van der Waals surface area contributed by atoms with Crippen LogP contribution in [0.4, 0.5) is 10.6 Å². The molecule has 0 unspecified atom stereocenters. The van der Waals surface area contributed by atoms with Crippen LogP contribution >= 0.6 is 0 Å². The number of aromatic nitrogens is 4. The first-order valence-corrected chi connectivity index (χ1v) is 14.2. The minimum absolute atomic E-state index is 0.0252. The minimum Gasteiger partial charge on any atom is -0.488 e. The SMILES string of the molecule is CC(C)(C)OC(=O)N1CCO[C@H](CN2CCN(c3cc(-c4n[nH]c5ccc(OC6(C)CC6)cc45)ncn3)CC2)C1. The largest absolute Gasteiger partial charge is 0.488 e. The highest BCUT2D eigenvalue weighted by Crippen LogP contribution is 2.40. The maximum atomic E-state index is 12.5. The monoisotopic (exact) mass is 549 g/mol. The standard InChI is InChI=1S/C29H39N7O4/c1-28(2,3)40-27(37)36-13-14-38-21(18-36)17-34-9-11-35(12-10-34)25-16-24(30-19-31-25)26-22-15-20(39-29(4)7-8-29)5-6-23(22)32-33-26/h5-6,15-16,19,21H,7-14,17-18H2,1-4H3,(H,32,33)/t21-/m1/s1. The topological polar surface area (TPSA) is 109 Å². The third-order valence-corrected chi connectivity index (χ3v) is 7.70. The maximum Gasteiger partial charge on any atom is 0.410 e. The zero-order valence-electron chi connectivity index (χ0n) is 23.9. The van der Waals surface area contributed by atoms with E-state index in [2.05, 4.69) is 43.0 Å². The Labute approximate surface area is 234 Å². The molecule has 6 rings (SSSR count). The molecule has 1 aliphatic carbocycles. The number of anilines is 1. The molecule has 3 aliphatic rings. The number of H-pyrrole nitrogens is 1. The van der Waals surface area contributed by atoms with E-state index in [0.717, 1.165) is 79.4 Å². The summed E-state index contributed by atoms with van der Waals surface area (Å²) < 4.78 is 17.7. The molecule has 11 nitrogen and oxygen atoms in total. The number of benzene rings is 1. The average Bonchev–Trinajstić information content (AvgIpc) is 3.50. The second kappa shape index (κ2) is 10.5. The molecule has 1 amide bonds. The van der Waals surface area contributed by atoms with Crippen LogP contribution in [0.15, 0.2) is 30.6 Å². The number of hydrogen-bond donors (Lipinski definition) is 1. The Hall–Kier alpha value is -3.44. The smallest absolute Gasteiger partial charge is 0.410 e. The predicted octanol–water partition coefficient (Wildman–Crippen LogP) is 3.71. The van der Waals surface area contributed by atoms with Crippen LogP contribution in [-0.2, 0) is 9.47 Å². The van der Waals surface area contributed by atoms with Crippen LogP contribution in [0.25, 0.3) is 22.3 Å². The molecule has 1 saturated carbocycles. The zero-order chi connectivity index (χ0) is 27.9. The summed E-state index contributed by atoms with van der Waals surface area (Å²) in [5, 5.41) is 8.69. The van der Waals surface area contributed by atoms with Gasteiger partial charge >= 0.3 is 6.09 Å². The molecule has 0 bridgehead atoms. The first-order valence-electron chi connectivity index (χ1n) is 14.2. The number of hydrogen-bond acceptors (Lipinski definition) is 9. The molecule has 1 N–H and O–H groups in total. The molecule has 2 aliphatic heterocycles. The Kier molecular flexibility index (Phi) is 7.03. The minimum atomic E-state index is -0.502. The van der Waals surface area contributed by atoms with Crippen LogP contribution < -0.4 is 9.64 Å². The van der Waals surface area contributed by atoms with Crippen molar-refractivity contribution in [2.24, 2.45) is 0 Å². The van der Waals surface area contributed by atoms with Gasteiger partial charge in [-0.2, -0.15) is 5.10 Å². The van der Waals surface area contributed by atoms with Crippen LogP contribution in [-0.4, -0.2) is 106 Å². The van der Waals surface area contributed by atoms with Gasteiger partial charge in [0.15, 0.2) is 0 Å². The van der Waals surface area contributed by atoms with E-state index in [1.54, 1.807) is 11.2 Å². The number of rotatable bonds is 6. The van der Waals surface area contributed by atoms with E-state index in [1.165, 1.54) is 0 Å². The number of piperazine rings is 1. The second-order valence-corrected chi connectivity index (χ2v) is 12.3. The van der Waals surface area contributed by atoms with Crippen molar-refractivity contribution < 1.29 is 19.0 Å². The Bertz CT molecular complexity index is 1360. The van der Waals surface area contributed by atoms with Gasteiger partial charge in [0, 0.05) is 50.7 Å². The molecule has 1 aromatic carbocycles. The molecule has 2 aromatic heterocycles. The molecule has 40 heavy (non-hydrogen) atoms. The maximum absolute atomic E-state index is 12.5. The number of nitrogens with zero attached hydrogens (tertiary/aromatic N) is 6. The van der Waals surface area contributed by atoms with Crippen LogP contribution in [0.2, 0.25) is 0 Å². The van der Waals surface area contributed by atoms with Crippen molar-refractivity contribution in [2.75, 3.05) is 57.3 Å². The molecular formula is C29H39N7O4. The Morgan fingerprint density at radius 1 is 1.12 bits per heavy atom. The van der Waals surface area contributed by atoms with E-state index in [-0.39, 0.29) is 17.8 Å². The van der Waals surface area contributed by atoms with Gasteiger partial charge in [-0.25, -0.2) is 14.8 Å². The van der Waals surface area contributed by atoms with Crippen molar-refractivity contribution in [3.05, 3.63) is 30.6 Å². The molecule has 3 fully saturated rings. The van der Waals surface area contributed by atoms with Crippen LogP contribution in [0.5, 0.6) is 5.75 Å². The first kappa shape index (κ1) is 26.8. The van der Waals surface area contributed by atoms with Crippen molar-refractivity contribution in [2.45, 2.75) is 57.8 Å². The zero-order valence-corrected chi connectivity index (χ0v) is 23.9.